The molecule has 1 N–H and O–H groups in total. The van der Waals surface area contributed by atoms with E-state index in [-0.39, 0.29) is 11.8 Å². The van der Waals surface area contributed by atoms with Crippen molar-refractivity contribution in [3.05, 3.63) is 58.6 Å². The zero-order valence-electron chi connectivity index (χ0n) is 18.1. The van der Waals surface area contributed by atoms with Crippen molar-refractivity contribution in [1.82, 2.24) is 4.90 Å². The first-order chi connectivity index (χ1) is 15.0. The predicted molar refractivity (Wildman–Crippen MR) is 128 cm³/mol. The van der Waals surface area contributed by atoms with Crippen molar-refractivity contribution in [2.45, 2.75) is 32.8 Å². The lowest BCUT2D eigenvalue weighted by molar-refractivity contribution is -0.124. The van der Waals surface area contributed by atoms with Crippen LogP contribution < -0.4 is 10.2 Å². The van der Waals surface area contributed by atoms with Gasteiger partial charge in [-0.3, -0.25) is 9.59 Å². The van der Waals surface area contributed by atoms with Crippen LogP contribution in [0.25, 0.3) is 0 Å². The summed E-state index contributed by atoms with van der Waals surface area (Å²) in [6.45, 7) is 8.07. The van der Waals surface area contributed by atoms with Gasteiger partial charge in [0.15, 0.2) is 0 Å². The van der Waals surface area contributed by atoms with Crippen LogP contribution in [-0.4, -0.2) is 55.6 Å². The van der Waals surface area contributed by atoms with Gasteiger partial charge in [-0.05, 0) is 62.3 Å². The number of amides is 2. The Hall–Kier alpha value is -2.22. The Morgan fingerprint density at radius 2 is 1.87 bits per heavy atom. The molecule has 0 bridgehead atoms. The van der Waals surface area contributed by atoms with Crippen LogP contribution in [0.3, 0.4) is 0 Å². The van der Waals surface area contributed by atoms with Gasteiger partial charge < -0.3 is 19.9 Å². The third-order valence-corrected chi connectivity index (χ3v) is 5.99. The molecular formula is C24H30BrN3O3. The number of ether oxygens (including phenoxy) is 1. The van der Waals surface area contributed by atoms with Gasteiger partial charge in [0.25, 0.3) is 11.8 Å². The topological polar surface area (TPSA) is 61.9 Å². The quantitative estimate of drug-likeness (QED) is 0.563. The normalized spacial score (nSPS) is 15.8. The second-order valence-electron chi connectivity index (χ2n) is 7.54. The lowest BCUT2D eigenvalue weighted by atomic mass is 10.1. The number of likely N-dealkylation sites (N-methyl/N-ethyl adjacent to an activating group) is 1. The molecule has 2 aromatic carbocycles. The van der Waals surface area contributed by atoms with Crippen molar-refractivity contribution in [2.24, 2.45) is 0 Å². The number of nitrogens with zero attached hydrogens (tertiary/aromatic N) is 2. The van der Waals surface area contributed by atoms with Gasteiger partial charge in [-0.25, -0.2) is 0 Å². The van der Waals surface area contributed by atoms with Crippen LogP contribution in [0.2, 0.25) is 0 Å². The van der Waals surface area contributed by atoms with Crippen LogP contribution in [0.5, 0.6) is 0 Å². The van der Waals surface area contributed by atoms with Crippen molar-refractivity contribution in [1.29, 1.82) is 0 Å². The summed E-state index contributed by atoms with van der Waals surface area (Å²) in [5, 5.41) is 2.89. The van der Waals surface area contributed by atoms with E-state index in [0.29, 0.717) is 24.4 Å². The van der Waals surface area contributed by atoms with Crippen LogP contribution in [0.15, 0.2) is 53.0 Å². The number of carbonyl (C=O) groups is 2. The Morgan fingerprint density at radius 3 is 2.55 bits per heavy atom. The van der Waals surface area contributed by atoms with Crippen molar-refractivity contribution < 1.29 is 14.3 Å². The highest BCUT2D eigenvalue weighted by Gasteiger charge is 2.24. The van der Waals surface area contributed by atoms with E-state index in [9.17, 15) is 9.59 Å². The van der Waals surface area contributed by atoms with E-state index in [0.717, 1.165) is 42.6 Å². The van der Waals surface area contributed by atoms with E-state index in [1.807, 2.05) is 24.3 Å². The molecule has 0 saturated carbocycles. The molecule has 1 aliphatic rings. The Morgan fingerprint density at radius 1 is 1.10 bits per heavy atom. The first-order valence-electron chi connectivity index (χ1n) is 10.8. The summed E-state index contributed by atoms with van der Waals surface area (Å²) >= 11 is 3.51. The standard InChI is InChI=1S/C24H30BrN3O3/c1-3-27(4-2)13-14-28(21-11-6-9-19(25)17-21)24(30)18-8-5-10-20(16-18)26-23(29)22-12-7-15-31-22/h5-6,8-11,16-17,22H,3-4,7,12-15H2,1-2H3,(H,26,29). The summed E-state index contributed by atoms with van der Waals surface area (Å²) in [5.41, 5.74) is 1.97. The van der Waals surface area contributed by atoms with Gasteiger partial charge in [-0.2, -0.15) is 0 Å². The fourth-order valence-electron chi connectivity index (χ4n) is 3.67. The fraction of sp³-hybridized carbons (Fsp3) is 0.417. The molecule has 0 aliphatic carbocycles. The fourth-order valence-corrected chi connectivity index (χ4v) is 4.05. The minimum Gasteiger partial charge on any atom is -0.368 e. The summed E-state index contributed by atoms with van der Waals surface area (Å²) in [6, 6.07) is 14.9. The molecule has 0 aromatic heterocycles. The molecule has 1 fully saturated rings. The van der Waals surface area contributed by atoms with Gasteiger partial charge in [-0.15, -0.1) is 0 Å². The number of anilines is 2. The molecule has 1 atom stereocenters. The Balaban J connectivity index is 1.80. The Kier molecular flexibility index (Phi) is 8.63. The highest BCUT2D eigenvalue weighted by Crippen LogP contribution is 2.23. The van der Waals surface area contributed by atoms with Crippen molar-refractivity contribution in [3.63, 3.8) is 0 Å². The number of hydrogen-bond donors (Lipinski definition) is 1. The van der Waals surface area contributed by atoms with E-state index in [2.05, 4.69) is 40.0 Å². The molecule has 166 valence electrons. The third kappa shape index (κ3) is 6.38. The average Bonchev–Trinajstić information content (AvgIpc) is 3.32. The Labute approximate surface area is 192 Å². The van der Waals surface area contributed by atoms with E-state index in [4.69, 9.17) is 4.74 Å². The van der Waals surface area contributed by atoms with Crippen molar-refractivity contribution in [2.75, 3.05) is 43.0 Å². The smallest absolute Gasteiger partial charge is 0.258 e. The lowest BCUT2D eigenvalue weighted by Gasteiger charge is -2.27. The predicted octanol–water partition coefficient (Wildman–Crippen LogP) is 4.56. The number of hydrogen-bond acceptors (Lipinski definition) is 4. The highest BCUT2D eigenvalue weighted by atomic mass is 79.9. The van der Waals surface area contributed by atoms with Crippen LogP contribution in [0, 0.1) is 0 Å². The number of nitrogens with one attached hydrogen (secondary N) is 1. The molecule has 7 heteroatoms. The Bertz CT molecular complexity index is 895. The van der Waals surface area contributed by atoms with Gasteiger partial charge >= 0.3 is 0 Å². The number of rotatable bonds is 9. The van der Waals surface area contributed by atoms with E-state index >= 15 is 0 Å². The molecule has 0 radical (unpaired) electrons. The number of carbonyl (C=O) groups excluding carboxylic acids is 2. The zero-order chi connectivity index (χ0) is 22.2. The minimum absolute atomic E-state index is 0.0986. The lowest BCUT2D eigenvalue weighted by Crippen LogP contribution is -2.39. The molecule has 31 heavy (non-hydrogen) atoms. The second kappa shape index (κ2) is 11.4. The second-order valence-corrected chi connectivity index (χ2v) is 8.45. The minimum atomic E-state index is -0.411. The molecule has 0 spiro atoms. The van der Waals surface area contributed by atoms with Crippen LogP contribution >= 0.6 is 15.9 Å². The largest absolute Gasteiger partial charge is 0.368 e. The van der Waals surface area contributed by atoms with Crippen LogP contribution in [0.4, 0.5) is 11.4 Å². The average molecular weight is 488 g/mol. The van der Waals surface area contributed by atoms with Gasteiger partial charge in [0.1, 0.15) is 6.10 Å². The van der Waals surface area contributed by atoms with Gasteiger partial charge in [0, 0.05) is 41.1 Å². The summed E-state index contributed by atoms with van der Waals surface area (Å²) in [4.78, 5) is 30.0. The van der Waals surface area contributed by atoms with Crippen LogP contribution in [-0.2, 0) is 9.53 Å². The first-order valence-corrected chi connectivity index (χ1v) is 11.6. The summed E-state index contributed by atoms with van der Waals surface area (Å²) in [5.74, 6) is -0.258. The van der Waals surface area contributed by atoms with Crippen LogP contribution in [0.1, 0.15) is 37.0 Å². The van der Waals surface area contributed by atoms with E-state index in [1.54, 1.807) is 29.2 Å². The van der Waals surface area contributed by atoms with Gasteiger partial charge in [0.05, 0.1) is 0 Å². The molecule has 1 aliphatic heterocycles. The van der Waals surface area contributed by atoms with Crippen molar-refractivity contribution in [3.8, 4) is 0 Å². The van der Waals surface area contributed by atoms with Gasteiger partial charge in [-0.1, -0.05) is 41.9 Å². The molecule has 1 unspecified atom stereocenters. The zero-order valence-corrected chi connectivity index (χ0v) is 19.7. The maximum Gasteiger partial charge on any atom is 0.258 e. The van der Waals surface area contributed by atoms with Crippen molar-refractivity contribution >= 4 is 39.1 Å². The SMILES string of the molecule is CCN(CC)CCN(C(=O)c1cccc(NC(=O)C2CCCO2)c1)c1cccc(Br)c1. The summed E-state index contributed by atoms with van der Waals surface area (Å²) in [7, 11) is 0. The highest BCUT2D eigenvalue weighted by molar-refractivity contribution is 9.10. The molecule has 6 nitrogen and oxygen atoms in total. The molecule has 1 heterocycles. The van der Waals surface area contributed by atoms with E-state index in [1.165, 1.54) is 0 Å². The maximum atomic E-state index is 13.5. The molecule has 2 aromatic rings. The monoisotopic (exact) mass is 487 g/mol. The first kappa shape index (κ1) is 23.4. The van der Waals surface area contributed by atoms with Gasteiger partial charge in [0.2, 0.25) is 0 Å². The number of benzene rings is 2. The maximum absolute atomic E-state index is 13.5. The summed E-state index contributed by atoms with van der Waals surface area (Å²) < 4.78 is 6.37. The summed E-state index contributed by atoms with van der Waals surface area (Å²) in [6.07, 6.45) is 1.21. The third-order valence-electron chi connectivity index (χ3n) is 5.50. The molecule has 3 rings (SSSR count). The molecule has 2 amide bonds. The number of halogens is 1. The molecular weight excluding hydrogens is 458 g/mol. The molecule has 1 saturated heterocycles. The van der Waals surface area contributed by atoms with E-state index < -0.39 is 6.10 Å².